The summed E-state index contributed by atoms with van der Waals surface area (Å²) in [6.07, 6.45) is 4.00. The molecule has 0 aromatic heterocycles. The maximum absolute atomic E-state index is 6.07. The first-order valence-electron chi connectivity index (χ1n) is 11.9. The van der Waals surface area contributed by atoms with Crippen LogP contribution < -0.4 is 16.3 Å². The zero-order chi connectivity index (χ0) is 25.3. The Kier molecular flexibility index (Phi) is 8.21. The highest BCUT2D eigenvalue weighted by Gasteiger charge is 2.23. The molecule has 37 heavy (non-hydrogen) atoms. The summed E-state index contributed by atoms with van der Waals surface area (Å²) < 4.78 is 0. The van der Waals surface area contributed by atoms with Crippen LogP contribution in [0.5, 0.6) is 0 Å². The molecule has 4 aromatic rings. The first kappa shape index (κ1) is 24.7. The molecule has 184 valence electrons. The van der Waals surface area contributed by atoms with E-state index in [9.17, 15) is 0 Å². The van der Waals surface area contributed by atoms with Crippen LogP contribution in [0.25, 0.3) is 0 Å². The fourth-order valence-corrected chi connectivity index (χ4v) is 5.08. The van der Waals surface area contributed by atoms with Gasteiger partial charge in [0.15, 0.2) is 0 Å². The molecule has 3 N–H and O–H groups in total. The van der Waals surface area contributed by atoms with Crippen LogP contribution in [0, 0.1) is 0 Å². The Bertz CT molecular complexity index is 1370. The number of halogens is 1. The van der Waals surface area contributed by atoms with Gasteiger partial charge >= 0.3 is 0 Å². The van der Waals surface area contributed by atoms with Gasteiger partial charge in [0.05, 0.1) is 11.0 Å². The monoisotopic (exact) mass is 523 g/mol. The number of hydrazone groups is 1. The topological polar surface area (TPSA) is 60.8 Å². The Morgan fingerprint density at radius 1 is 0.811 bits per heavy atom. The summed E-state index contributed by atoms with van der Waals surface area (Å²) in [5.41, 5.74) is 13.5. The molecule has 0 radical (unpaired) electrons. The van der Waals surface area contributed by atoms with Crippen molar-refractivity contribution in [1.82, 2.24) is 16.3 Å². The van der Waals surface area contributed by atoms with E-state index >= 15 is 0 Å². The van der Waals surface area contributed by atoms with Gasteiger partial charge in [-0.15, -0.1) is 11.8 Å². The van der Waals surface area contributed by atoms with Crippen molar-refractivity contribution in [3.63, 3.8) is 0 Å². The molecule has 0 spiro atoms. The first-order valence-corrected chi connectivity index (χ1v) is 13.2. The largest absolute Gasteiger partial charge is 0.306 e. The van der Waals surface area contributed by atoms with E-state index in [0.29, 0.717) is 5.96 Å². The SMILES string of the molecule is Clc1ccc(S[C@@H](/C=C/NNC2=N[C@H](c3ccccc3)C(c3ccccc3)=NN2)c2ccccc2)cc1. The molecular weight excluding hydrogens is 498 g/mol. The molecule has 1 aliphatic rings. The highest BCUT2D eigenvalue weighted by Crippen LogP contribution is 2.36. The summed E-state index contributed by atoms with van der Waals surface area (Å²) in [5.74, 6) is 0.541. The molecule has 0 aliphatic carbocycles. The number of thioether (sulfide) groups is 1. The van der Waals surface area contributed by atoms with Gasteiger partial charge in [-0.2, -0.15) is 5.10 Å². The van der Waals surface area contributed by atoms with Crippen molar-refractivity contribution < 1.29 is 0 Å². The van der Waals surface area contributed by atoms with Crippen LogP contribution in [0.15, 0.2) is 143 Å². The smallest absolute Gasteiger partial charge is 0.232 e. The predicted molar refractivity (Wildman–Crippen MR) is 155 cm³/mol. The molecule has 1 heterocycles. The highest BCUT2D eigenvalue weighted by atomic mass is 35.5. The van der Waals surface area contributed by atoms with Crippen LogP contribution in [0.1, 0.15) is 28.0 Å². The van der Waals surface area contributed by atoms with Gasteiger partial charge in [-0.3, -0.25) is 5.43 Å². The van der Waals surface area contributed by atoms with Crippen molar-refractivity contribution in [2.75, 3.05) is 0 Å². The number of rotatable bonds is 8. The third-order valence-electron chi connectivity index (χ3n) is 5.73. The highest BCUT2D eigenvalue weighted by molar-refractivity contribution is 7.99. The van der Waals surface area contributed by atoms with Crippen molar-refractivity contribution in [3.8, 4) is 0 Å². The molecule has 0 saturated carbocycles. The Hall–Kier alpha value is -4.00. The van der Waals surface area contributed by atoms with Gasteiger partial charge in [0.1, 0.15) is 6.04 Å². The zero-order valence-corrected chi connectivity index (χ0v) is 21.5. The van der Waals surface area contributed by atoms with Gasteiger partial charge in [-0.1, -0.05) is 103 Å². The molecule has 2 atom stereocenters. The average Bonchev–Trinajstić information content (AvgIpc) is 2.97. The second kappa shape index (κ2) is 12.3. The van der Waals surface area contributed by atoms with E-state index in [4.69, 9.17) is 16.6 Å². The second-order valence-corrected chi connectivity index (χ2v) is 9.95. The number of hydrogen-bond acceptors (Lipinski definition) is 6. The maximum atomic E-state index is 6.07. The minimum absolute atomic E-state index is 0.109. The lowest BCUT2D eigenvalue weighted by Crippen LogP contribution is -2.44. The normalized spacial score (nSPS) is 15.9. The predicted octanol–water partition coefficient (Wildman–Crippen LogP) is 6.89. The lowest BCUT2D eigenvalue weighted by atomic mass is 9.97. The van der Waals surface area contributed by atoms with Gasteiger partial charge in [0, 0.05) is 21.7 Å². The second-order valence-electron chi connectivity index (χ2n) is 8.30. The fraction of sp³-hybridized carbons (Fsp3) is 0.0667. The van der Waals surface area contributed by atoms with Crippen molar-refractivity contribution in [2.45, 2.75) is 16.2 Å². The molecule has 4 aromatic carbocycles. The van der Waals surface area contributed by atoms with Crippen LogP contribution >= 0.6 is 23.4 Å². The van der Waals surface area contributed by atoms with Gasteiger partial charge in [-0.05, 0) is 41.5 Å². The number of guanidine groups is 1. The summed E-state index contributed by atoms with van der Waals surface area (Å²) in [6.45, 7) is 0. The molecule has 0 saturated heterocycles. The summed E-state index contributed by atoms with van der Waals surface area (Å²) >= 11 is 7.82. The minimum Gasteiger partial charge on any atom is -0.306 e. The van der Waals surface area contributed by atoms with E-state index in [1.165, 1.54) is 5.56 Å². The average molecular weight is 524 g/mol. The Labute approximate surface area is 226 Å². The molecule has 0 amide bonds. The van der Waals surface area contributed by atoms with Crippen LogP contribution in [-0.4, -0.2) is 11.7 Å². The van der Waals surface area contributed by atoms with E-state index < -0.39 is 0 Å². The Balaban J connectivity index is 1.29. The molecule has 0 bridgehead atoms. The zero-order valence-electron chi connectivity index (χ0n) is 20.0. The molecule has 5 rings (SSSR count). The molecular formula is C30H26ClN5S. The summed E-state index contributed by atoms with van der Waals surface area (Å²) in [5, 5.41) is 5.50. The third kappa shape index (κ3) is 6.61. The van der Waals surface area contributed by atoms with Crippen molar-refractivity contribution in [3.05, 3.63) is 149 Å². The molecule has 1 aliphatic heterocycles. The maximum Gasteiger partial charge on any atom is 0.232 e. The van der Waals surface area contributed by atoms with E-state index in [1.54, 1.807) is 11.8 Å². The lowest BCUT2D eigenvalue weighted by Gasteiger charge is -2.23. The minimum atomic E-state index is -0.226. The Morgan fingerprint density at radius 3 is 2.16 bits per heavy atom. The number of nitrogens with zero attached hydrogens (tertiary/aromatic N) is 2. The summed E-state index contributed by atoms with van der Waals surface area (Å²) in [4.78, 5) is 6.05. The Morgan fingerprint density at radius 2 is 1.46 bits per heavy atom. The summed E-state index contributed by atoms with van der Waals surface area (Å²) in [6, 6.07) is 38.4. The molecule has 7 heteroatoms. The summed E-state index contributed by atoms with van der Waals surface area (Å²) in [7, 11) is 0. The van der Waals surface area contributed by atoms with E-state index in [2.05, 4.69) is 63.9 Å². The molecule has 0 fully saturated rings. The number of nitrogens with one attached hydrogen (secondary N) is 3. The number of hydrazine groups is 1. The molecule has 5 nitrogen and oxygen atoms in total. The van der Waals surface area contributed by atoms with E-state index in [1.807, 2.05) is 85.1 Å². The van der Waals surface area contributed by atoms with E-state index in [0.717, 1.165) is 26.8 Å². The standard InChI is InChI=1S/C30H26ClN5S/c31-25-16-18-26(19-17-25)37-27(22-10-4-1-5-11-22)20-21-32-35-30-33-28(23-12-6-2-7-13-23)29(34-36-30)24-14-8-3-9-15-24/h1-21,27-28,32H,(H2,33,35,36)/b21-20+/t27-,28+/m0/s1. The first-order chi connectivity index (χ1) is 18.3. The number of benzene rings is 4. The number of aliphatic imine (C=N–C) groups is 1. The van der Waals surface area contributed by atoms with Crippen LogP contribution in [-0.2, 0) is 0 Å². The third-order valence-corrected chi connectivity index (χ3v) is 7.21. The van der Waals surface area contributed by atoms with E-state index in [-0.39, 0.29) is 11.3 Å². The van der Waals surface area contributed by atoms with Gasteiger partial charge in [-0.25, -0.2) is 10.4 Å². The fourth-order valence-electron chi connectivity index (χ4n) is 3.92. The van der Waals surface area contributed by atoms with Crippen LogP contribution in [0.3, 0.4) is 0 Å². The lowest BCUT2D eigenvalue weighted by molar-refractivity contribution is 0.735. The van der Waals surface area contributed by atoms with Crippen molar-refractivity contribution >= 4 is 35.0 Å². The van der Waals surface area contributed by atoms with Gasteiger partial charge in [0.2, 0.25) is 5.96 Å². The van der Waals surface area contributed by atoms with Crippen LogP contribution in [0.2, 0.25) is 5.02 Å². The van der Waals surface area contributed by atoms with Gasteiger partial charge < -0.3 is 5.43 Å². The number of hydrogen-bond donors (Lipinski definition) is 3. The van der Waals surface area contributed by atoms with Crippen molar-refractivity contribution in [1.29, 1.82) is 0 Å². The van der Waals surface area contributed by atoms with Crippen molar-refractivity contribution in [2.24, 2.45) is 10.1 Å². The van der Waals surface area contributed by atoms with Gasteiger partial charge in [0.25, 0.3) is 0 Å². The molecule has 0 unspecified atom stereocenters. The van der Waals surface area contributed by atoms with Crippen LogP contribution in [0.4, 0.5) is 0 Å². The quantitative estimate of drug-likeness (QED) is 0.174.